The van der Waals surface area contributed by atoms with Crippen LogP contribution in [0.2, 0.25) is 5.02 Å². The van der Waals surface area contributed by atoms with E-state index in [4.69, 9.17) is 21.1 Å². The predicted molar refractivity (Wildman–Crippen MR) is 113 cm³/mol. The molecule has 0 radical (unpaired) electrons. The Morgan fingerprint density at radius 2 is 1.76 bits per heavy atom. The molecule has 7 nitrogen and oxygen atoms in total. The van der Waals surface area contributed by atoms with Gasteiger partial charge in [-0.2, -0.15) is 5.10 Å². The summed E-state index contributed by atoms with van der Waals surface area (Å²) in [4.78, 5) is 25.0. The van der Waals surface area contributed by atoms with Gasteiger partial charge < -0.3 is 14.8 Å². The minimum absolute atomic E-state index is 0.142. The zero-order chi connectivity index (χ0) is 21.4. The van der Waals surface area contributed by atoms with Gasteiger partial charge in [-0.25, -0.2) is 5.43 Å². The number of hydrogen-bond acceptors (Lipinski definition) is 5. The van der Waals surface area contributed by atoms with E-state index in [1.807, 2.05) is 13.8 Å². The van der Waals surface area contributed by atoms with Crippen LogP contribution in [0.1, 0.15) is 29.8 Å². The van der Waals surface area contributed by atoms with Crippen LogP contribution in [0.25, 0.3) is 0 Å². The topological polar surface area (TPSA) is 89.0 Å². The van der Waals surface area contributed by atoms with Crippen molar-refractivity contribution in [1.29, 1.82) is 0 Å². The highest BCUT2D eigenvalue weighted by Crippen LogP contribution is 2.23. The molecule has 2 amide bonds. The molecule has 2 aromatic carbocycles. The van der Waals surface area contributed by atoms with Gasteiger partial charge in [-0.05, 0) is 42.3 Å². The Kier molecular flexibility index (Phi) is 8.03. The molecule has 0 fully saturated rings. The Labute approximate surface area is 175 Å². The van der Waals surface area contributed by atoms with Crippen LogP contribution in [0.4, 0.5) is 0 Å². The molecule has 0 aliphatic heterocycles. The summed E-state index contributed by atoms with van der Waals surface area (Å²) in [7, 11) is 3.10. The summed E-state index contributed by atoms with van der Waals surface area (Å²) < 4.78 is 10.4. The molecule has 154 valence electrons. The van der Waals surface area contributed by atoms with Gasteiger partial charge in [0.25, 0.3) is 11.8 Å². The number of carbonyl (C=O) groups excluding carboxylic acids is 2. The van der Waals surface area contributed by atoms with Gasteiger partial charge in [-0.1, -0.05) is 25.4 Å². The normalized spacial score (nSPS) is 11.9. The number of carbonyl (C=O) groups is 2. The second kappa shape index (κ2) is 10.5. The number of benzene rings is 2. The van der Waals surface area contributed by atoms with Gasteiger partial charge in [-0.3, -0.25) is 9.59 Å². The second-order valence-corrected chi connectivity index (χ2v) is 6.98. The van der Waals surface area contributed by atoms with Gasteiger partial charge in [0, 0.05) is 22.2 Å². The van der Waals surface area contributed by atoms with Gasteiger partial charge in [0.15, 0.2) is 0 Å². The molecule has 0 aromatic heterocycles. The highest BCUT2D eigenvalue weighted by atomic mass is 35.5. The number of rotatable bonds is 8. The smallest absolute Gasteiger partial charge is 0.262 e. The van der Waals surface area contributed by atoms with Gasteiger partial charge in [0.1, 0.15) is 17.5 Å². The summed E-state index contributed by atoms with van der Waals surface area (Å²) in [6, 6.07) is 10.9. The predicted octanol–water partition coefficient (Wildman–Crippen LogP) is 3.26. The third-order valence-electron chi connectivity index (χ3n) is 4.16. The first-order chi connectivity index (χ1) is 13.8. The van der Waals surface area contributed by atoms with Gasteiger partial charge in [0.05, 0.1) is 20.4 Å². The highest BCUT2D eigenvalue weighted by Gasteiger charge is 2.24. The molecule has 0 heterocycles. The number of hydrazone groups is 1. The van der Waals surface area contributed by atoms with Crippen molar-refractivity contribution in [1.82, 2.24) is 10.7 Å². The molecule has 0 aliphatic rings. The average Bonchev–Trinajstić information content (AvgIpc) is 2.72. The molecule has 2 aromatic rings. The number of hydrogen-bond donors (Lipinski definition) is 2. The van der Waals surface area contributed by atoms with Crippen molar-refractivity contribution < 1.29 is 19.1 Å². The van der Waals surface area contributed by atoms with Crippen LogP contribution in [-0.2, 0) is 4.79 Å². The summed E-state index contributed by atoms with van der Waals surface area (Å²) >= 11 is 5.84. The number of ether oxygens (including phenoxy) is 2. The SMILES string of the molecule is COc1ccc(/C=N/NC(=O)C(NC(=O)c2ccc(Cl)cc2)C(C)C)c(OC)c1. The van der Waals surface area contributed by atoms with E-state index >= 15 is 0 Å². The lowest BCUT2D eigenvalue weighted by molar-refractivity contribution is -0.123. The maximum atomic E-state index is 12.5. The molecule has 0 spiro atoms. The van der Waals surface area contributed by atoms with Crippen molar-refractivity contribution >= 4 is 29.6 Å². The molecule has 0 saturated heterocycles. The van der Waals surface area contributed by atoms with Gasteiger partial charge >= 0.3 is 0 Å². The Morgan fingerprint density at radius 3 is 2.34 bits per heavy atom. The van der Waals surface area contributed by atoms with E-state index in [0.29, 0.717) is 27.6 Å². The monoisotopic (exact) mass is 417 g/mol. The summed E-state index contributed by atoms with van der Waals surface area (Å²) in [5, 5.41) is 7.25. The van der Waals surface area contributed by atoms with Crippen LogP contribution < -0.4 is 20.2 Å². The maximum Gasteiger partial charge on any atom is 0.262 e. The molecule has 0 saturated carbocycles. The minimum atomic E-state index is -0.756. The summed E-state index contributed by atoms with van der Waals surface area (Å²) in [6.07, 6.45) is 1.47. The minimum Gasteiger partial charge on any atom is -0.497 e. The van der Waals surface area contributed by atoms with Crippen LogP contribution >= 0.6 is 11.6 Å². The maximum absolute atomic E-state index is 12.5. The van der Waals surface area contributed by atoms with Crippen molar-refractivity contribution in [3.8, 4) is 11.5 Å². The van der Waals surface area contributed by atoms with Crippen molar-refractivity contribution in [3.63, 3.8) is 0 Å². The number of amides is 2. The Hall–Kier alpha value is -3.06. The van der Waals surface area contributed by atoms with Crippen molar-refractivity contribution in [2.45, 2.75) is 19.9 Å². The third kappa shape index (κ3) is 6.22. The zero-order valence-electron chi connectivity index (χ0n) is 16.7. The highest BCUT2D eigenvalue weighted by molar-refractivity contribution is 6.30. The van der Waals surface area contributed by atoms with Crippen LogP contribution in [0.3, 0.4) is 0 Å². The fourth-order valence-electron chi connectivity index (χ4n) is 2.52. The lowest BCUT2D eigenvalue weighted by Crippen LogP contribution is -2.48. The second-order valence-electron chi connectivity index (χ2n) is 6.54. The quantitative estimate of drug-likeness (QED) is 0.509. The third-order valence-corrected chi connectivity index (χ3v) is 4.41. The molecule has 1 unspecified atom stereocenters. The number of nitrogens with zero attached hydrogens (tertiary/aromatic N) is 1. The first-order valence-electron chi connectivity index (χ1n) is 8.97. The molecule has 1 atom stereocenters. The molecular formula is C21H24ClN3O4. The Bertz CT molecular complexity index is 882. The van der Waals surface area contributed by atoms with Gasteiger partial charge in [-0.15, -0.1) is 0 Å². The van der Waals surface area contributed by atoms with Crippen LogP contribution in [0.15, 0.2) is 47.6 Å². The summed E-state index contributed by atoms with van der Waals surface area (Å²) in [5.41, 5.74) is 3.55. The molecule has 2 rings (SSSR count). The van der Waals surface area contributed by atoms with E-state index in [2.05, 4.69) is 15.8 Å². The van der Waals surface area contributed by atoms with E-state index in [0.717, 1.165) is 0 Å². The Balaban J connectivity index is 2.05. The molecular weight excluding hydrogens is 394 g/mol. The fraction of sp³-hybridized carbons (Fsp3) is 0.286. The van der Waals surface area contributed by atoms with E-state index in [-0.39, 0.29) is 11.8 Å². The molecule has 8 heteroatoms. The van der Waals surface area contributed by atoms with Crippen LogP contribution in [-0.4, -0.2) is 38.3 Å². The lowest BCUT2D eigenvalue weighted by atomic mass is 10.0. The van der Waals surface area contributed by atoms with E-state index < -0.39 is 11.9 Å². The molecule has 0 bridgehead atoms. The molecule has 2 N–H and O–H groups in total. The first-order valence-corrected chi connectivity index (χ1v) is 9.35. The first kappa shape index (κ1) is 22.2. The average molecular weight is 418 g/mol. The number of nitrogens with one attached hydrogen (secondary N) is 2. The fourth-order valence-corrected chi connectivity index (χ4v) is 2.65. The Morgan fingerprint density at radius 1 is 1.07 bits per heavy atom. The van der Waals surface area contributed by atoms with Crippen LogP contribution in [0.5, 0.6) is 11.5 Å². The standard InChI is InChI=1S/C21H24ClN3O4/c1-13(2)19(24-20(26)14-5-8-16(22)9-6-14)21(27)25-23-12-15-7-10-17(28-3)11-18(15)29-4/h5-13,19H,1-4H3,(H,24,26)(H,25,27)/b23-12+. The number of methoxy groups -OCH3 is 2. The van der Waals surface area contributed by atoms with Crippen molar-refractivity contribution in [2.75, 3.05) is 14.2 Å². The summed E-state index contributed by atoms with van der Waals surface area (Å²) in [6.45, 7) is 3.67. The largest absolute Gasteiger partial charge is 0.497 e. The number of halogens is 1. The van der Waals surface area contributed by atoms with Gasteiger partial charge in [0.2, 0.25) is 0 Å². The van der Waals surface area contributed by atoms with E-state index in [9.17, 15) is 9.59 Å². The van der Waals surface area contributed by atoms with Crippen molar-refractivity contribution in [3.05, 3.63) is 58.6 Å². The van der Waals surface area contributed by atoms with E-state index in [1.165, 1.54) is 13.3 Å². The van der Waals surface area contributed by atoms with Crippen LogP contribution in [0, 0.1) is 5.92 Å². The molecule has 29 heavy (non-hydrogen) atoms. The van der Waals surface area contributed by atoms with E-state index in [1.54, 1.807) is 49.6 Å². The molecule has 0 aliphatic carbocycles. The zero-order valence-corrected chi connectivity index (χ0v) is 17.5. The lowest BCUT2D eigenvalue weighted by Gasteiger charge is -2.20. The summed E-state index contributed by atoms with van der Waals surface area (Å²) in [5.74, 6) is 0.269. The van der Waals surface area contributed by atoms with Crippen molar-refractivity contribution in [2.24, 2.45) is 11.0 Å².